The Morgan fingerprint density at radius 3 is 2.74 bits per heavy atom. The Morgan fingerprint density at radius 2 is 2.21 bits per heavy atom. The van der Waals surface area contributed by atoms with Crippen LogP contribution in [0.1, 0.15) is 18.1 Å². The van der Waals surface area contributed by atoms with Crippen molar-refractivity contribution in [1.29, 1.82) is 0 Å². The van der Waals surface area contributed by atoms with Crippen LogP contribution in [0, 0.1) is 6.92 Å². The molecule has 1 aromatic rings. The van der Waals surface area contributed by atoms with E-state index in [-0.39, 0.29) is 19.6 Å². The van der Waals surface area contributed by atoms with E-state index in [9.17, 15) is 9.59 Å². The van der Waals surface area contributed by atoms with Crippen LogP contribution in [0.4, 0.5) is 4.79 Å². The number of nitrogens with zero attached hydrogens (tertiary/aromatic N) is 2. The van der Waals surface area contributed by atoms with Gasteiger partial charge in [-0.2, -0.15) is 4.98 Å². The number of amides is 2. The van der Waals surface area contributed by atoms with Gasteiger partial charge in [0, 0.05) is 32.9 Å². The third-order valence-electron chi connectivity index (χ3n) is 2.22. The highest BCUT2D eigenvalue weighted by Crippen LogP contribution is 1.95. The molecule has 1 heterocycles. The lowest BCUT2D eigenvalue weighted by molar-refractivity contribution is -0.139. The highest BCUT2D eigenvalue weighted by atomic mass is 16.5. The lowest BCUT2D eigenvalue weighted by Gasteiger charge is -2.13. The number of aliphatic hydroxyl groups is 1. The molecular formula is C10H16N4O5. The minimum Gasteiger partial charge on any atom is -0.480 e. The molecule has 0 saturated carbocycles. The Kier molecular flexibility index (Phi) is 5.73. The molecule has 1 aromatic heterocycles. The van der Waals surface area contributed by atoms with Crippen molar-refractivity contribution in [1.82, 2.24) is 20.8 Å². The summed E-state index contributed by atoms with van der Waals surface area (Å²) >= 11 is 0. The molecule has 0 aromatic carbocycles. The largest absolute Gasteiger partial charge is 0.480 e. The first kappa shape index (κ1) is 14.9. The molecule has 9 heteroatoms. The number of nitrogens with one attached hydrogen (secondary N) is 2. The molecule has 0 spiro atoms. The molecule has 0 saturated heterocycles. The van der Waals surface area contributed by atoms with Crippen molar-refractivity contribution in [3.05, 3.63) is 11.7 Å². The van der Waals surface area contributed by atoms with Gasteiger partial charge in [0.1, 0.15) is 6.04 Å². The van der Waals surface area contributed by atoms with E-state index < -0.39 is 18.0 Å². The number of carboxylic acid groups (broad SMARTS) is 1. The van der Waals surface area contributed by atoms with Crippen molar-refractivity contribution in [2.45, 2.75) is 25.8 Å². The van der Waals surface area contributed by atoms with Crippen LogP contribution in [0.2, 0.25) is 0 Å². The molecule has 1 atom stereocenters. The molecule has 0 aliphatic heterocycles. The number of aromatic nitrogens is 2. The first-order valence-corrected chi connectivity index (χ1v) is 5.70. The number of carboxylic acids is 1. The second kappa shape index (κ2) is 7.31. The molecule has 0 bridgehead atoms. The molecule has 0 aliphatic rings. The van der Waals surface area contributed by atoms with Crippen LogP contribution >= 0.6 is 0 Å². The maximum absolute atomic E-state index is 11.4. The first-order chi connectivity index (χ1) is 9.02. The monoisotopic (exact) mass is 272 g/mol. The molecule has 4 N–H and O–H groups in total. The zero-order chi connectivity index (χ0) is 14.3. The molecule has 0 unspecified atom stereocenters. The maximum atomic E-state index is 11.4. The average Bonchev–Trinajstić information content (AvgIpc) is 2.74. The summed E-state index contributed by atoms with van der Waals surface area (Å²) in [7, 11) is 0. The third kappa shape index (κ3) is 5.34. The van der Waals surface area contributed by atoms with Crippen LogP contribution < -0.4 is 10.6 Å². The van der Waals surface area contributed by atoms with Crippen molar-refractivity contribution in [3.8, 4) is 0 Å². The standard InChI is InChI=1S/C10H16N4O5/c1-6-12-8(14-19-6)2-4-11-10(18)13-7(3-5-15)9(16)17/h7,15H,2-5H2,1H3,(H,16,17)(H2,11,13,18)/t7-/m0/s1. The minimum absolute atomic E-state index is 0.0488. The van der Waals surface area contributed by atoms with E-state index in [2.05, 4.69) is 20.8 Å². The number of aliphatic carboxylic acids is 1. The van der Waals surface area contributed by atoms with Crippen molar-refractivity contribution in [2.75, 3.05) is 13.2 Å². The van der Waals surface area contributed by atoms with Gasteiger partial charge in [-0.15, -0.1) is 0 Å². The molecule has 19 heavy (non-hydrogen) atoms. The Labute approximate surface area is 109 Å². The van der Waals surface area contributed by atoms with Crippen molar-refractivity contribution in [3.63, 3.8) is 0 Å². The van der Waals surface area contributed by atoms with Gasteiger partial charge in [0.2, 0.25) is 5.89 Å². The van der Waals surface area contributed by atoms with Gasteiger partial charge in [-0.1, -0.05) is 5.16 Å². The number of aliphatic hydroxyl groups excluding tert-OH is 1. The van der Waals surface area contributed by atoms with E-state index in [4.69, 9.17) is 14.7 Å². The number of rotatable bonds is 7. The van der Waals surface area contributed by atoms with Crippen LogP contribution in [0.5, 0.6) is 0 Å². The van der Waals surface area contributed by atoms with E-state index >= 15 is 0 Å². The summed E-state index contributed by atoms with van der Waals surface area (Å²) in [5.74, 6) is -0.297. The van der Waals surface area contributed by atoms with Crippen LogP contribution in [0.25, 0.3) is 0 Å². The van der Waals surface area contributed by atoms with Gasteiger partial charge < -0.3 is 25.4 Å². The van der Waals surface area contributed by atoms with Crippen LogP contribution in [-0.2, 0) is 11.2 Å². The zero-order valence-corrected chi connectivity index (χ0v) is 10.4. The van der Waals surface area contributed by atoms with Crippen molar-refractivity contribution < 1.29 is 24.3 Å². The van der Waals surface area contributed by atoms with Gasteiger partial charge in [0.25, 0.3) is 0 Å². The number of aryl methyl sites for hydroxylation is 1. The fraction of sp³-hybridized carbons (Fsp3) is 0.600. The van der Waals surface area contributed by atoms with E-state index in [0.29, 0.717) is 18.1 Å². The van der Waals surface area contributed by atoms with Crippen molar-refractivity contribution >= 4 is 12.0 Å². The second-order valence-electron chi connectivity index (χ2n) is 3.78. The molecule has 0 fully saturated rings. The quantitative estimate of drug-likeness (QED) is 0.502. The lowest BCUT2D eigenvalue weighted by atomic mass is 10.2. The van der Waals surface area contributed by atoms with Crippen molar-refractivity contribution in [2.24, 2.45) is 0 Å². The molecule has 0 aliphatic carbocycles. The predicted molar refractivity (Wildman–Crippen MR) is 62.4 cm³/mol. The average molecular weight is 272 g/mol. The van der Waals surface area contributed by atoms with Crippen LogP contribution in [0.3, 0.4) is 0 Å². The summed E-state index contributed by atoms with van der Waals surface area (Å²) < 4.78 is 4.76. The first-order valence-electron chi connectivity index (χ1n) is 5.70. The SMILES string of the molecule is Cc1nc(CCNC(=O)N[C@@H](CCO)C(=O)O)no1. The molecule has 9 nitrogen and oxygen atoms in total. The van der Waals surface area contributed by atoms with Gasteiger partial charge in [0.05, 0.1) is 0 Å². The lowest BCUT2D eigenvalue weighted by Crippen LogP contribution is -2.46. The number of hydrogen-bond acceptors (Lipinski definition) is 6. The molecule has 2 amide bonds. The van der Waals surface area contributed by atoms with Gasteiger partial charge in [-0.25, -0.2) is 9.59 Å². The Balaban J connectivity index is 2.28. The summed E-state index contributed by atoms with van der Waals surface area (Å²) in [5.41, 5.74) is 0. The van der Waals surface area contributed by atoms with Gasteiger partial charge in [0.15, 0.2) is 5.82 Å². The van der Waals surface area contributed by atoms with E-state index in [1.54, 1.807) is 6.92 Å². The smallest absolute Gasteiger partial charge is 0.326 e. The molecule has 106 valence electrons. The molecule has 1 rings (SSSR count). The van der Waals surface area contributed by atoms with Crippen LogP contribution in [-0.4, -0.2) is 51.5 Å². The predicted octanol–water partition coefficient (Wildman–Crippen LogP) is -0.945. The van der Waals surface area contributed by atoms with E-state index in [1.807, 2.05) is 0 Å². The van der Waals surface area contributed by atoms with E-state index in [1.165, 1.54) is 0 Å². The summed E-state index contributed by atoms with van der Waals surface area (Å²) in [6.45, 7) is 1.58. The second-order valence-corrected chi connectivity index (χ2v) is 3.78. The Hall–Kier alpha value is -2.16. The third-order valence-corrected chi connectivity index (χ3v) is 2.22. The summed E-state index contributed by atoms with van der Waals surface area (Å²) in [6.07, 6.45) is 0.329. The fourth-order valence-corrected chi connectivity index (χ4v) is 1.33. The minimum atomic E-state index is -1.20. The number of urea groups is 1. The Bertz CT molecular complexity index is 433. The van der Waals surface area contributed by atoms with Gasteiger partial charge >= 0.3 is 12.0 Å². The number of carbonyl (C=O) groups is 2. The highest BCUT2D eigenvalue weighted by molar-refractivity contribution is 5.82. The Morgan fingerprint density at radius 1 is 1.47 bits per heavy atom. The summed E-state index contributed by atoms with van der Waals surface area (Å²) in [6, 6.07) is -1.74. The topological polar surface area (TPSA) is 138 Å². The van der Waals surface area contributed by atoms with Crippen LogP contribution in [0.15, 0.2) is 4.52 Å². The van der Waals surface area contributed by atoms with E-state index in [0.717, 1.165) is 0 Å². The summed E-state index contributed by atoms with van der Waals surface area (Å²) in [4.78, 5) is 26.1. The van der Waals surface area contributed by atoms with Gasteiger partial charge in [-0.3, -0.25) is 0 Å². The summed E-state index contributed by atoms with van der Waals surface area (Å²) in [5, 5.41) is 25.8. The highest BCUT2D eigenvalue weighted by Gasteiger charge is 2.18. The normalized spacial score (nSPS) is 11.9. The number of hydrogen-bond donors (Lipinski definition) is 4. The number of carbonyl (C=O) groups excluding carboxylic acids is 1. The fourth-order valence-electron chi connectivity index (χ4n) is 1.33. The molecule has 0 radical (unpaired) electrons. The molecular weight excluding hydrogens is 256 g/mol. The zero-order valence-electron chi connectivity index (χ0n) is 10.4. The van der Waals surface area contributed by atoms with Gasteiger partial charge in [-0.05, 0) is 0 Å². The maximum Gasteiger partial charge on any atom is 0.326 e.